The smallest absolute Gasteiger partial charge is 0.0572 e. The molecule has 1 unspecified atom stereocenters. The first-order chi connectivity index (χ1) is 25.3. The fraction of sp³-hybridized carbons (Fsp3) is 0.0426. The highest BCUT2D eigenvalue weighted by atomic mass is 15.0. The number of allylic oxidation sites excluding steroid dienone is 4. The lowest BCUT2D eigenvalue weighted by molar-refractivity contribution is 0.870. The Hall–Kier alpha value is -6.65. The first-order valence-electron chi connectivity index (χ1n) is 17.4. The van der Waals surface area contributed by atoms with E-state index in [1.54, 1.807) is 0 Å². The molecule has 0 saturated carbocycles. The largest absolute Gasteiger partial charge is 0.308 e. The van der Waals surface area contributed by atoms with Crippen molar-refractivity contribution in [3.05, 3.63) is 182 Å². The first-order valence-corrected chi connectivity index (χ1v) is 17.4. The van der Waals surface area contributed by atoms with Crippen molar-refractivity contribution in [2.24, 2.45) is 0 Å². The van der Waals surface area contributed by atoms with Crippen LogP contribution in [0.4, 0.5) is 0 Å². The molecule has 240 valence electrons. The third-order valence-electron chi connectivity index (χ3n) is 10.4. The van der Waals surface area contributed by atoms with Crippen molar-refractivity contribution in [3.63, 3.8) is 0 Å². The highest BCUT2D eigenvalue weighted by molar-refractivity contribution is 6.16. The number of rotatable bonds is 5. The first kappa shape index (κ1) is 29.3. The van der Waals surface area contributed by atoms with E-state index in [2.05, 4.69) is 159 Å². The lowest BCUT2D eigenvalue weighted by atomic mass is 9.81. The van der Waals surface area contributed by atoms with Gasteiger partial charge in [-0.15, -0.1) is 0 Å². The minimum absolute atomic E-state index is 0.300. The standard InChI is InChI=1S/C47H32N4/c1-3-11-31(12-4-1)46-36-16-7-8-17-37(36)47(32-13-5-2-6-14-32)39-27-33(19-20-38(39)46)34-21-24-48-28-40(34)42-30-50-26-23-45(42)51-43-18-10-9-15-35(43)41-29-49-25-22-44(41)51/h1-11,13-31H,12H2. The zero-order valence-electron chi connectivity index (χ0n) is 27.8. The molecule has 51 heavy (non-hydrogen) atoms. The molecule has 4 aromatic heterocycles. The summed E-state index contributed by atoms with van der Waals surface area (Å²) in [7, 11) is 0. The molecule has 0 fully saturated rings. The summed E-state index contributed by atoms with van der Waals surface area (Å²) >= 11 is 0. The number of benzene rings is 5. The van der Waals surface area contributed by atoms with Crippen LogP contribution in [0.2, 0.25) is 0 Å². The van der Waals surface area contributed by atoms with Crippen LogP contribution in [0.5, 0.6) is 0 Å². The normalized spacial score (nSPS) is 14.2. The van der Waals surface area contributed by atoms with Crippen molar-refractivity contribution < 1.29 is 0 Å². The summed E-state index contributed by atoms with van der Waals surface area (Å²) in [6, 6.07) is 41.7. The second-order valence-electron chi connectivity index (χ2n) is 13.2. The molecule has 10 rings (SSSR count). The highest BCUT2D eigenvalue weighted by Crippen LogP contribution is 2.46. The predicted molar refractivity (Wildman–Crippen MR) is 211 cm³/mol. The quantitative estimate of drug-likeness (QED) is 0.174. The van der Waals surface area contributed by atoms with Crippen LogP contribution in [0.25, 0.3) is 82.4 Å². The minimum atomic E-state index is 0.300. The Morgan fingerprint density at radius 3 is 2.06 bits per heavy atom. The molecule has 4 heterocycles. The van der Waals surface area contributed by atoms with Crippen LogP contribution in [0.15, 0.2) is 177 Å². The maximum Gasteiger partial charge on any atom is 0.0572 e. The van der Waals surface area contributed by atoms with E-state index in [9.17, 15) is 0 Å². The predicted octanol–water partition coefficient (Wildman–Crippen LogP) is 11.9. The van der Waals surface area contributed by atoms with Gasteiger partial charge in [0.2, 0.25) is 0 Å². The second kappa shape index (κ2) is 12.0. The molecule has 0 saturated heterocycles. The van der Waals surface area contributed by atoms with Gasteiger partial charge in [-0.05, 0) is 86.1 Å². The van der Waals surface area contributed by atoms with Crippen molar-refractivity contribution in [1.82, 2.24) is 19.5 Å². The molecule has 1 atom stereocenters. The number of hydrogen-bond donors (Lipinski definition) is 0. The van der Waals surface area contributed by atoms with Crippen molar-refractivity contribution >= 4 is 43.4 Å². The van der Waals surface area contributed by atoms with Crippen LogP contribution in [0.3, 0.4) is 0 Å². The van der Waals surface area contributed by atoms with Gasteiger partial charge in [-0.2, -0.15) is 0 Å². The Kier molecular flexibility index (Phi) is 6.91. The molecule has 0 bridgehead atoms. The van der Waals surface area contributed by atoms with Gasteiger partial charge < -0.3 is 4.57 Å². The number of aromatic nitrogens is 4. The molecule has 4 heteroatoms. The summed E-state index contributed by atoms with van der Waals surface area (Å²) in [5.41, 5.74) is 11.4. The molecule has 0 amide bonds. The summed E-state index contributed by atoms with van der Waals surface area (Å²) in [6.07, 6.45) is 21.5. The van der Waals surface area contributed by atoms with Gasteiger partial charge in [-0.3, -0.25) is 15.0 Å². The van der Waals surface area contributed by atoms with Gasteiger partial charge in [-0.1, -0.05) is 109 Å². The Balaban J connectivity index is 1.24. The zero-order valence-corrected chi connectivity index (χ0v) is 27.8. The van der Waals surface area contributed by atoms with Crippen LogP contribution in [-0.2, 0) is 0 Å². The summed E-state index contributed by atoms with van der Waals surface area (Å²) in [6.45, 7) is 0. The van der Waals surface area contributed by atoms with Gasteiger partial charge in [0, 0.05) is 65.0 Å². The second-order valence-corrected chi connectivity index (χ2v) is 13.2. The van der Waals surface area contributed by atoms with Crippen molar-refractivity contribution in [2.45, 2.75) is 12.3 Å². The lowest BCUT2D eigenvalue weighted by Crippen LogP contribution is -2.01. The Bertz CT molecular complexity index is 2790. The van der Waals surface area contributed by atoms with E-state index in [1.807, 2.05) is 37.2 Å². The molecule has 1 aliphatic carbocycles. The number of fused-ring (bicyclic) bond motifs is 5. The molecule has 9 aromatic rings. The van der Waals surface area contributed by atoms with E-state index in [4.69, 9.17) is 0 Å². The van der Waals surface area contributed by atoms with Gasteiger partial charge in [0.25, 0.3) is 0 Å². The highest BCUT2D eigenvalue weighted by Gasteiger charge is 2.22. The minimum Gasteiger partial charge on any atom is -0.308 e. The van der Waals surface area contributed by atoms with Crippen LogP contribution < -0.4 is 0 Å². The summed E-state index contributed by atoms with van der Waals surface area (Å²) < 4.78 is 2.33. The maximum atomic E-state index is 4.68. The molecule has 4 nitrogen and oxygen atoms in total. The summed E-state index contributed by atoms with van der Waals surface area (Å²) in [5, 5.41) is 7.42. The van der Waals surface area contributed by atoms with Gasteiger partial charge in [-0.25, -0.2) is 0 Å². The third-order valence-corrected chi connectivity index (χ3v) is 10.4. The molecule has 0 radical (unpaired) electrons. The summed E-state index contributed by atoms with van der Waals surface area (Å²) in [5.74, 6) is 0.300. The Morgan fingerprint density at radius 2 is 1.20 bits per heavy atom. The van der Waals surface area contributed by atoms with Gasteiger partial charge >= 0.3 is 0 Å². The fourth-order valence-corrected chi connectivity index (χ4v) is 8.22. The average molecular weight is 653 g/mol. The molecule has 0 spiro atoms. The number of nitrogens with zero attached hydrogens (tertiary/aromatic N) is 4. The number of hydrogen-bond acceptors (Lipinski definition) is 3. The van der Waals surface area contributed by atoms with Crippen LogP contribution in [0, 0.1) is 0 Å². The van der Waals surface area contributed by atoms with Gasteiger partial charge in [0.15, 0.2) is 0 Å². The fourth-order valence-electron chi connectivity index (χ4n) is 8.22. The van der Waals surface area contributed by atoms with E-state index in [0.29, 0.717) is 5.92 Å². The number of para-hydroxylation sites is 1. The molecule has 5 aromatic carbocycles. The zero-order chi connectivity index (χ0) is 33.7. The van der Waals surface area contributed by atoms with E-state index in [-0.39, 0.29) is 0 Å². The Labute approximate surface area is 295 Å². The van der Waals surface area contributed by atoms with Crippen LogP contribution in [0.1, 0.15) is 17.9 Å². The van der Waals surface area contributed by atoms with Crippen molar-refractivity contribution in [3.8, 4) is 39.1 Å². The van der Waals surface area contributed by atoms with Crippen molar-refractivity contribution in [2.75, 3.05) is 0 Å². The van der Waals surface area contributed by atoms with E-state index < -0.39 is 0 Å². The molecule has 0 aliphatic heterocycles. The molecular weight excluding hydrogens is 621 g/mol. The third kappa shape index (κ3) is 4.72. The molecular formula is C47H32N4. The van der Waals surface area contributed by atoms with E-state index >= 15 is 0 Å². The van der Waals surface area contributed by atoms with Crippen molar-refractivity contribution in [1.29, 1.82) is 0 Å². The number of pyridine rings is 3. The monoisotopic (exact) mass is 652 g/mol. The molecule has 1 aliphatic rings. The summed E-state index contributed by atoms with van der Waals surface area (Å²) in [4.78, 5) is 13.8. The van der Waals surface area contributed by atoms with Crippen LogP contribution in [-0.4, -0.2) is 19.5 Å². The maximum absolute atomic E-state index is 4.68. The SMILES string of the molecule is C1=CCC(c2c3ccccc3c(-c3ccccc3)c3cc(-c4ccncc4-c4cnccc4-n4c5ccccc5c5cnccc54)ccc23)C=C1. The van der Waals surface area contributed by atoms with E-state index in [0.717, 1.165) is 50.8 Å². The average Bonchev–Trinajstić information content (AvgIpc) is 3.54. The van der Waals surface area contributed by atoms with E-state index in [1.165, 1.54) is 43.6 Å². The Morgan fingerprint density at radius 1 is 0.490 bits per heavy atom. The molecule has 0 N–H and O–H groups in total. The van der Waals surface area contributed by atoms with Crippen LogP contribution >= 0.6 is 0 Å². The lowest BCUT2D eigenvalue weighted by Gasteiger charge is -2.23. The topological polar surface area (TPSA) is 43.6 Å². The van der Waals surface area contributed by atoms with Gasteiger partial charge in [0.05, 0.1) is 16.7 Å². The van der Waals surface area contributed by atoms with Gasteiger partial charge in [0.1, 0.15) is 0 Å².